The highest BCUT2D eigenvalue weighted by atomic mass is 19.1. The number of nitrogens with one attached hydrogen (secondary N) is 2. The van der Waals surface area contributed by atoms with Crippen LogP contribution in [0.1, 0.15) is 42.0 Å². The average molecular weight is 441 g/mol. The molecule has 0 radical (unpaired) electrons. The molecule has 0 spiro atoms. The fraction of sp³-hybridized carbons (Fsp3) is 0.435. The summed E-state index contributed by atoms with van der Waals surface area (Å²) in [6.45, 7) is 7.17. The predicted molar refractivity (Wildman–Crippen MR) is 122 cm³/mol. The van der Waals surface area contributed by atoms with Gasteiger partial charge in [-0.3, -0.25) is 14.7 Å². The van der Waals surface area contributed by atoms with Crippen LogP contribution in [-0.2, 0) is 6.54 Å². The molecule has 1 unspecified atom stereocenters. The first-order valence-electron chi connectivity index (χ1n) is 10.9. The summed E-state index contributed by atoms with van der Waals surface area (Å²) in [5.41, 5.74) is 4.18. The minimum absolute atomic E-state index is 0.149. The molecule has 1 saturated heterocycles. The van der Waals surface area contributed by atoms with E-state index in [2.05, 4.69) is 37.3 Å². The van der Waals surface area contributed by atoms with Gasteiger partial charge in [0, 0.05) is 51.5 Å². The maximum atomic E-state index is 14.4. The van der Waals surface area contributed by atoms with E-state index in [0.717, 1.165) is 55.1 Å². The zero-order chi connectivity index (χ0) is 22.8. The molecule has 9 heteroatoms. The molecule has 3 N–H and O–H groups in total. The number of carbonyl (C=O) groups is 1. The van der Waals surface area contributed by atoms with Gasteiger partial charge in [0.15, 0.2) is 11.5 Å². The lowest BCUT2D eigenvalue weighted by Crippen LogP contribution is -2.51. The molecule has 0 aliphatic carbocycles. The molecule has 1 amide bonds. The van der Waals surface area contributed by atoms with Gasteiger partial charge >= 0.3 is 0 Å². The minimum atomic E-state index is -0.670. The molecule has 2 aliphatic heterocycles. The summed E-state index contributed by atoms with van der Waals surface area (Å²) in [6, 6.07) is 3.57. The number of aromatic nitrogens is 2. The Kier molecular flexibility index (Phi) is 6.38. The molecule has 2 aromatic heterocycles. The highest BCUT2D eigenvalue weighted by Gasteiger charge is 2.26. The van der Waals surface area contributed by atoms with Crippen LogP contribution in [-0.4, -0.2) is 64.8 Å². The summed E-state index contributed by atoms with van der Waals surface area (Å²) in [4.78, 5) is 24.7. The van der Waals surface area contributed by atoms with E-state index < -0.39 is 18.0 Å². The van der Waals surface area contributed by atoms with E-state index in [9.17, 15) is 14.3 Å². The summed E-state index contributed by atoms with van der Waals surface area (Å²) < 4.78 is 14.4. The number of aliphatic hydroxyl groups excluding tert-OH is 1. The van der Waals surface area contributed by atoms with E-state index in [1.807, 2.05) is 25.3 Å². The maximum Gasteiger partial charge on any atom is 0.272 e. The Hall–Kier alpha value is -3.04. The lowest BCUT2D eigenvalue weighted by Gasteiger charge is -2.41. The van der Waals surface area contributed by atoms with Crippen molar-refractivity contribution in [1.82, 2.24) is 20.2 Å². The smallest absolute Gasteiger partial charge is 0.272 e. The van der Waals surface area contributed by atoms with Crippen molar-refractivity contribution in [3.05, 3.63) is 52.9 Å². The Morgan fingerprint density at radius 1 is 1.31 bits per heavy atom. The van der Waals surface area contributed by atoms with Crippen molar-refractivity contribution in [2.24, 2.45) is 0 Å². The molecule has 2 atom stereocenters. The normalized spacial score (nSPS) is 20.9. The molecule has 2 aliphatic rings. The Morgan fingerprint density at radius 3 is 2.81 bits per heavy atom. The van der Waals surface area contributed by atoms with Gasteiger partial charge in [0.2, 0.25) is 0 Å². The number of fused-ring (bicyclic) bond motifs is 1. The van der Waals surface area contributed by atoms with Crippen LogP contribution in [0.5, 0.6) is 0 Å². The molecule has 0 aromatic carbocycles. The Morgan fingerprint density at radius 2 is 2.12 bits per heavy atom. The fourth-order valence-electron chi connectivity index (χ4n) is 4.31. The van der Waals surface area contributed by atoms with Gasteiger partial charge in [0.25, 0.3) is 5.91 Å². The van der Waals surface area contributed by atoms with Crippen LogP contribution in [0.4, 0.5) is 15.8 Å². The molecule has 0 saturated carbocycles. The highest BCUT2D eigenvalue weighted by Crippen LogP contribution is 2.28. The number of pyridine rings is 2. The van der Waals surface area contributed by atoms with Crippen molar-refractivity contribution >= 4 is 23.4 Å². The first-order valence-corrected chi connectivity index (χ1v) is 10.9. The molecule has 1 fully saturated rings. The third kappa shape index (κ3) is 4.44. The molecule has 32 heavy (non-hydrogen) atoms. The van der Waals surface area contributed by atoms with Crippen LogP contribution >= 0.6 is 0 Å². The van der Waals surface area contributed by atoms with Crippen molar-refractivity contribution in [1.29, 1.82) is 0 Å². The van der Waals surface area contributed by atoms with Crippen molar-refractivity contribution in [3.8, 4) is 0 Å². The zero-order valence-electron chi connectivity index (χ0n) is 18.6. The number of rotatable bonds is 5. The number of carbonyl (C=O) groups excluding carboxylic acids is 1. The fourth-order valence-corrected chi connectivity index (χ4v) is 4.31. The number of amides is 1. The largest absolute Gasteiger partial charge is 0.370 e. The second kappa shape index (κ2) is 9.22. The van der Waals surface area contributed by atoms with Crippen molar-refractivity contribution in [2.45, 2.75) is 39.1 Å². The number of hydrogen-bond donors (Lipinski definition) is 3. The van der Waals surface area contributed by atoms with Crippen LogP contribution < -0.4 is 15.5 Å². The predicted octanol–water partition coefficient (Wildman–Crippen LogP) is 2.22. The SMILES string of the molecule is CCC1=Cc2ncc(CN3CCN(c4cnc(C(=O)NC)c(F)c4)[C@H](C)C3)cc2NC1O. The van der Waals surface area contributed by atoms with E-state index in [4.69, 9.17) is 0 Å². The molecule has 170 valence electrons. The number of piperazine rings is 1. The van der Waals surface area contributed by atoms with Crippen molar-refractivity contribution in [2.75, 3.05) is 36.9 Å². The molecule has 2 aromatic rings. The van der Waals surface area contributed by atoms with E-state index in [0.29, 0.717) is 5.69 Å². The number of anilines is 2. The number of hydrogen-bond acceptors (Lipinski definition) is 7. The first-order chi connectivity index (χ1) is 15.4. The Balaban J connectivity index is 1.41. The maximum absolute atomic E-state index is 14.4. The number of nitrogens with zero attached hydrogens (tertiary/aromatic N) is 4. The first kappa shape index (κ1) is 22.2. The molecule has 0 bridgehead atoms. The van der Waals surface area contributed by atoms with E-state index in [1.165, 1.54) is 13.1 Å². The third-order valence-corrected chi connectivity index (χ3v) is 6.07. The minimum Gasteiger partial charge on any atom is -0.370 e. The highest BCUT2D eigenvalue weighted by molar-refractivity contribution is 5.92. The van der Waals surface area contributed by atoms with Crippen LogP contribution in [0.15, 0.2) is 30.1 Å². The van der Waals surface area contributed by atoms with Gasteiger partial charge in [-0.2, -0.15) is 0 Å². The molecular formula is C23H29FN6O2. The average Bonchev–Trinajstić information content (AvgIpc) is 2.78. The summed E-state index contributed by atoms with van der Waals surface area (Å²) >= 11 is 0. The van der Waals surface area contributed by atoms with Crippen molar-refractivity contribution < 1.29 is 14.3 Å². The Bertz CT molecular complexity index is 1040. The van der Waals surface area contributed by atoms with Gasteiger partial charge < -0.3 is 20.6 Å². The summed E-state index contributed by atoms with van der Waals surface area (Å²) in [5, 5.41) is 15.7. The molecule has 4 heterocycles. The summed E-state index contributed by atoms with van der Waals surface area (Å²) in [5.74, 6) is -1.15. The standard InChI is InChI=1S/C23H29FN6O2/c1-4-16-8-19-20(28-22(16)31)7-15(10-26-19)13-29-5-6-30(14(2)12-29)17-9-18(24)21(27-11-17)23(32)25-3/h7-11,14,22,28,31H,4-6,12-13H2,1-3H3,(H,25,32)/t14-,22?/m1/s1. The summed E-state index contributed by atoms with van der Waals surface area (Å²) in [7, 11) is 1.45. The van der Waals surface area contributed by atoms with Crippen LogP contribution in [0.2, 0.25) is 0 Å². The second-order valence-electron chi connectivity index (χ2n) is 8.28. The van der Waals surface area contributed by atoms with E-state index in [1.54, 1.807) is 6.20 Å². The van der Waals surface area contributed by atoms with Gasteiger partial charge in [-0.15, -0.1) is 0 Å². The third-order valence-electron chi connectivity index (χ3n) is 6.07. The topological polar surface area (TPSA) is 93.6 Å². The number of halogens is 1. The van der Waals surface area contributed by atoms with E-state index >= 15 is 0 Å². The lowest BCUT2D eigenvalue weighted by molar-refractivity contribution is 0.0953. The van der Waals surface area contributed by atoms with Crippen LogP contribution in [0.25, 0.3) is 6.08 Å². The zero-order valence-corrected chi connectivity index (χ0v) is 18.6. The van der Waals surface area contributed by atoms with E-state index in [-0.39, 0.29) is 11.7 Å². The van der Waals surface area contributed by atoms with Gasteiger partial charge in [-0.25, -0.2) is 9.37 Å². The van der Waals surface area contributed by atoms with Crippen molar-refractivity contribution in [3.63, 3.8) is 0 Å². The van der Waals surface area contributed by atoms with Gasteiger partial charge in [0.1, 0.15) is 6.23 Å². The lowest BCUT2D eigenvalue weighted by atomic mass is 10.0. The van der Waals surface area contributed by atoms with Gasteiger partial charge in [-0.05, 0) is 36.6 Å². The van der Waals surface area contributed by atoms with Crippen LogP contribution in [0.3, 0.4) is 0 Å². The molecule has 8 nitrogen and oxygen atoms in total. The van der Waals surface area contributed by atoms with Crippen LogP contribution in [0, 0.1) is 5.82 Å². The van der Waals surface area contributed by atoms with Gasteiger partial charge in [-0.1, -0.05) is 6.92 Å². The van der Waals surface area contributed by atoms with Gasteiger partial charge in [0.05, 0.1) is 23.3 Å². The molecular weight excluding hydrogens is 411 g/mol. The Labute approximate surface area is 187 Å². The quantitative estimate of drug-likeness (QED) is 0.656. The second-order valence-corrected chi connectivity index (χ2v) is 8.28. The monoisotopic (exact) mass is 440 g/mol. The molecule has 4 rings (SSSR count). The number of aliphatic hydroxyl groups is 1. The summed E-state index contributed by atoms with van der Waals surface area (Å²) in [6.07, 6.45) is 5.49.